The normalized spacial score (nSPS) is 20.2. The van der Waals surface area contributed by atoms with Gasteiger partial charge < -0.3 is 52.1 Å². The highest BCUT2D eigenvalue weighted by atomic mass is 16.3. The van der Waals surface area contributed by atoms with E-state index in [4.69, 9.17) is 31.4 Å². The minimum Gasteiger partial charge on any atom is -0.396 e. The minimum absolute atomic E-state index is 0.0912. The van der Waals surface area contributed by atoms with Crippen LogP contribution in [0.1, 0.15) is 71.5 Å². The number of aromatic nitrogens is 4. The molecule has 1 unspecified atom stereocenters. The molecule has 12 rings (SSSR count). The van der Waals surface area contributed by atoms with Gasteiger partial charge in [-0.2, -0.15) is 0 Å². The van der Waals surface area contributed by atoms with Crippen molar-refractivity contribution in [2.24, 2.45) is 17.4 Å². The van der Waals surface area contributed by atoms with Crippen LogP contribution in [0.4, 0.5) is 46.0 Å². The molecular formula is C62H78N16O3. The number of carbonyl (C=O) groups excluding carboxylic acids is 2. The smallest absolute Gasteiger partial charge is 0.271 e. The summed E-state index contributed by atoms with van der Waals surface area (Å²) >= 11 is 0. The number of benzene rings is 4. The molecule has 0 spiro atoms. The van der Waals surface area contributed by atoms with E-state index in [0.717, 1.165) is 152 Å². The average Bonchev–Trinajstić information content (AvgIpc) is 4.26. The second kappa shape index (κ2) is 24.4. The summed E-state index contributed by atoms with van der Waals surface area (Å²) in [7, 11) is 2.21. The molecule has 0 bridgehead atoms. The van der Waals surface area contributed by atoms with Crippen LogP contribution in [0.5, 0.6) is 0 Å². The number of amides is 2. The number of nitrogens with one attached hydrogen (secondary N) is 3. The number of nitrogens with two attached hydrogens (primary N) is 2. The molecule has 4 aromatic carbocycles. The van der Waals surface area contributed by atoms with Gasteiger partial charge in [0, 0.05) is 163 Å². The maximum Gasteiger partial charge on any atom is 0.271 e. The van der Waals surface area contributed by atoms with Crippen molar-refractivity contribution in [3.05, 3.63) is 120 Å². The molecule has 1 aliphatic carbocycles. The monoisotopic (exact) mass is 1090 g/mol. The molecule has 8 N–H and O–H groups in total. The van der Waals surface area contributed by atoms with Crippen LogP contribution in [0.2, 0.25) is 0 Å². The number of aliphatic hydroxyl groups is 1. The lowest BCUT2D eigenvalue weighted by molar-refractivity contribution is 0.0812. The number of carbonyl (C=O) groups is 2. The number of primary amides is 2. The first-order chi connectivity index (χ1) is 39.6. The lowest BCUT2D eigenvalue weighted by Gasteiger charge is -2.43. The van der Waals surface area contributed by atoms with Crippen molar-refractivity contribution in [2.75, 3.05) is 136 Å². The Morgan fingerprint density at radius 1 is 0.543 bits per heavy atom. The number of aliphatic hydroxyl groups excluding tert-OH is 1. The highest BCUT2D eigenvalue weighted by molar-refractivity contribution is 5.98. The molecule has 0 radical (unpaired) electrons. The number of rotatable bonds is 18. The van der Waals surface area contributed by atoms with E-state index in [0.29, 0.717) is 59.3 Å². The molecule has 6 aliphatic rings. The summed E-state index contributed by atoms with van der Waals surface area (Å²) < 4.78 is 0. The Morgan fingerprint density at radius 3 is 1.62 bits per heavy atom. The molecule has 6 fully saturated rings. The minimum atomic E-state index is -0.648. The topological polar surface area (TPSA) is 217 Å². The van der Waals surface area contributed by atoms with E-state index < -0.39 is 11.8 Å². The van der Waals surface area contributed by atoms with Crippen LogP contribution in [-0.4, -0.2) is 180 Å². The fraction of sp³-hybridized carbons (Fsp3) is 0.452. The second-order valence-electron chi connectivity index (χ2n) is 23.1. The highest BCUT2D eigenvalue weighted by Gasteiger charge is 2.32. The number of piperidine rings is 2. The lowest BCUT2D eigenvalue weighted by Crippen LogP contribution is -2.53. The molecule has 1 saturated carbocycles. The van der Waals surface area contributed by atoms with E-state index in [1.165, 1.54) is 24.1 Å². The van der Waals surface area contributed by atoms with Crippen LogP contribution in [0.25, 0.3) is 22.5 Å². The van der Waals surface area contributed by atoms with Gasteiger partial charge in [0.2, 0.25) is 0 Å². The van der Waals surface area contributed by atoms with E-state index >= 15 is 0 Å². The molecule has 2 amide bonds. The molecule has 19 nitrogen and oxygen atoms in total. The van der Waals surface area contributed by atoms with Crippen molar-refractivity contribution in [1.29, 1.82) is 0 Å². The third-order valence-electron chi connectivity index (χ3n) is 17.6. The summed E-state index contributed by atoms with van der Waals surface area (Å²) in [5.41, 5.74) is 20.3. The molecule has 7 heterocycles. The molecule has 6 aromatic rings. The van der Waals surface area contributed by atoms with E-state index in [-0.39, 0.29) is 23.9 Å². The number of piperazine rings is 2. The van der Waals surface area contributed by atoms with Gasteiger partial charge in [0.05, 0.1) is 0 Å². The zero-order valence-electron chi connectivity index (χ0n) is 46.7. The zero-order valence-corrected chi connectivity index (χ0v) is 46.7. The predicted octanol–water partition coefficient (Wildman–Crippen LogP) is 6.68. The number of nitrogens with zero attached hydrogens (tertiary/aromatic N) is 11. The number of anilines is 8. The Balaban J connectivity index is 0.658. The van der Waals surface area contributed by atoms with Crippen LogP contribution >= 0.6 is 0 Å². The van der Waals surface area contributed by atoms with Crippen molar-refractivity contribution in [3.8, 4) is 22.5 Å². The summed E-state index contributed by atoms with van der Waals surface area (Å²) in [6.07, 6.45) is 7.50. The van der Waals surface area contributed by atoms with Crippen molar-refractivity contribution in [2.45, 2.75) is 69.6 Å². The van der Waals surface area contributed by atoms with Gasteiger partial charge in [-0.1, -0.05) is 48.5 Å². The number of hydrogen-bond donors (Lipinski definition) is 6. The van der Waals surface area contributed by atoms with Gasteiger partial charge in [-0.25, -0.2) is 19.9 Å². The average molecular weight is 1100 g/mol. The molecular weight excluding hydrogens is 1020 g/mol. The van der Waals surface area contributed by atoms with Gasteiger partial charge >= 0.3 is 0 Å². The predicted molar refractivity (Wildman–Crippen MR) is 322 cm³/mol. The summed E-state index contributed by atoms with van der Waals surface area (Å²) in [5, 5.41) is 20.4. The highest BCUT2D eigenvalue weighted by Crippen LogP contribution is 2.37. The molecule has 5 saturated heterocycles. The lowest BCUT2D eigenvalue weighted by atomic mass is 10.0. The third kappa shape index (κ3) is 12.7. The van der Waals surface area contributed by atoms with E-state index in [9.17, 15) is 14.7 Å². The van der Waals surface area contributed by atoms with Gasteiger partial charge in [-0.05, 0) is 112 Å². The van der Waals surface area contributed by atoms with Crippen molar-refractivity contribution >= 4 is 57.8 Å². The van der Waals surface area contributed by atoms with E-state index in [1.807, 2.05) is 60.7 Å². The fourth-order valence-electron chi connectivity index (χ4n) is 12.6. The van der Waals surface area contributed by atoms with E-state index in [2.05, 4.69) is 99.8 Å². The largest absolute Gasteiger partial charge is 0.396 e. The van der Waals surface area contributed by atoms with Gasteiger partial charge in [-0.15, -0.1) is 0 Å². The Bertz CT molecular complexity index is 3130. The van der Waals surface area contributed by atoms with Crippen molar-refractivity contribution in [3.63, 3.8) is 0 Å². The quantitative estimate of drug-likeness (QED) is 0.0529. The maximum atomic E-state index is 13.2. The van der Waals surface area contributed by atoms with Crippen LogP contribution in [0, 0.1) is 5.92 Å². The van der Waals surface area contributed by atoms with Crippen LogP contribution in [0.15, 0.2) is 103 Å². The van der Waals surface area contributed by atoms with Gasteiger partial charge in [-0.3, -0.25) is 24.3 Å². The summed E-state index contributed by atoms with van der Waals surface area (Å²) in [6, 6.07) is 36.4. The molecule has 81 heavy (non-hydrogen) atoms. The maximum absolute atomic E-state index is 13.2. The Kier molecular flexibility index (Phi) is 16.3. The molecule has 1 atom stereocenters. The van der Waals surface area contributed by atoms with Crippen LogP contribution in [-0.2, 0) is 6.54 Å². The van der Waals surface area contributed by atoms with Crippen LogP contribution in [0.3, 0.4) is 0 Å². The van der Waals surface area contributed by atoms with Crippen molar-refractivity contribution in [1.82, 2.24) is 39.5 Å². The number of hydrogen-bond acceptors (Lipinski definition) is 17. The first-order valence-corrected chi connectivity index (χ1v) is 29.4. The Labute approximate surface area is 475 Å². The summed E-state index contributed by atoms with van der Waals surface area (Å²) in [4.78, 5) is 63.2. The molecule has 19 heteroatoms. The first kappa shape index (κ1) is 54.2. The summed E-state index contributed by atoms with van der Waals surface area (Å²) in [5.74, 6) is 0.813. The van der Waals surface area contributed by atoms with Gasteiger partial charge in [0.1, 0.15) is 11.4 Å². The second-order valence-corrected chi connectivity index (χ2v) is 23.1. The third-order valence-corrected chi connectivity index (χ3v) is 17.6. The van der Waals surface area contributed by atoms with Gasteiger partial charge in [0.25, 0.3) is 11.8 Å². The molecule has 2 aromatic heterocycles. The summed E-state index contributed by atoms with van der Waals surface area (Å²) in [6.45, 7) is 14.8. The first-order valence-electron chi connectivity index (χ1n) is 29.4. The molecule has 5 aliphatic heterocycles. The number of likely N-dealkylation sites (N-methyl/N-ethyl adjacent to an activating group) is 1. The van der Waals surface area contributed by atoms with E-state index in [1.54, 1.807) is 0 Å². The van der Waals surface area contributed by atoms with Crippen molar-refractivity contribution < 1.29 is 14.7 Å². The SMILES string of the molecule is CN1CCN(C2CCN(c3ccc(Nc4nc(N5CCC(CO)C5)c(-c5cccc(CN6CCN(C7CCN(c8ccc(Nc9nc(NC%10CC%10)c(-c%10ccccc%10)nc9C(N)=O)cc8)CC7)CC6)c5)nc4C(N)=O)cc3)CC2)CC1. The Hall–Kier alpha value is -7.42. The Morgan fingerprint density at radius 2 is 1.07 bits per heavy atom. The van der Waals surface area contributed by atoms with Crippen LogP contribution < -0.4 is 42.1 Å². The van der Waals surface area contributed by atoms with Gasteiger partial charge in [0.15, 0.2) is 34.7 Å². The zero-order chi connectivity index (χ0) is 55.4. The standard InChI is InChI=1S/C62H78N16O3/c1-72-30-34-76(35-31-72)51-21-26-74(27-22-51)50-18-14-48(15-19-50)67-61-56(58(64)81)69-54(62(71-61)78-25-20-43(40-78)41-79)45-9-5-6-42(38-45)39-73-32-36-77(37-33-73)52-23-28-75(29-24-52)49-16-12-47(13-17-49)66-60-55(57(63)80)68-53(44-7-3-2-4-8-44)59(70-60)65-46-10-11-46/h2-9,12-19,38,43,46,51-52,79H,10-11,20-37,39-41H2,1H3,(H2,63,80)(H2,64,81)(H,67,71)(H2,65,66,70). The fourth-order valence-corrected chi connectivity index (χ4v) is 12.6. The molecule has 424 valence electrons.